The molecule has 1 aliphatic rings. The van der Waals surface area contributed by atoms with Crippen LogP contribution < -0.4 is 16.0 Å². The molecule has 9 nitrogen and oxygen atoms in total. The first-order chi connectivity index (χ1) is 12.6. The summed E-state index contributed by atoms with van der Waals surface area (Å²) in [5, 5.41) is 24.3. The van der Waals surface area contributed by atoms with E-state index >= 15 is 0 Å². The number of nitrogens with one attached hydrogen (secondary N) is 3. The van der Waals surface area contributed by atoms with Crippen molar-refractivity contribution in [2.24, 2.45) is 0 Å². The fourth-order valence-corrected chi connectivity index (χ4v) is 3.17. The van der Waals surface area contributed by atoms with Crippen LogP contribution in [0.3, 0.4) is 0 Å². The Morgan fingerprint density at radius 1 is 1.27 bits per heavy atom. The third-order valence-electron chi connectivity index (χ3n) is 4.61. The molecule has 1 saturated heterocycles. The molecule has 1 aliphatic heterocycles. The lowest BCUT2D eigenvalue weighted by molar-refractivity contribution is -0.384. The van der Waals surface area contributed by atoms with Crippen LogP contribution >= 0.6 is 0 Å². The van der Waals surface area contributed by atoms with Crippen LogP contribution in [0, 0.1) is 10.1 Å². The van der Waals surface area contributed by atoms with Crippen LogP contribution in [0.2, 0.25) is 0 Å². The van der Waals surface area contributed by atoms with Crippen molar-refractivity contribution in [3.63, 3.8) is 0 Å². The average molecular weight is 358 g/mol. The zero-order valence-corrected chi connectivity index (χ0v) is 14.4. The van der Waals surface area contributed by atoms with E-state index in [0.29, 0.717) is 25.9 Å². The van der Waals surface area contributed by atoms with Gasteiger partial charge in [-0.2, -0.15) is 5.10 Å². The predicted octanol–water partition coefficient (Wildman–Crippen LogP) is 1.10. The van der Waals surface area contributed by atoms with Crippen molar-refractivity contribution >= 4 is 17.3 Å². The Hall–Kier alpha value is -2.94. The van der Waals surface area contributed by atoms with Crippen molar-refractivity contribution in [3.05, 3.63) is 52.8 Å². The lowest BCUT2D eigenvalue weighted by Crippen LogP contribution is -2.55. The predicted molar refractivity (Wildman–Crippen MR) is 96.9 cm³/mol. The number of benzene rings is 1. The standard InChI is InChI=1S/C17H22N6O3/c24-16(17(6-9-18-10-7-17)22-13-1-8-21-22)20-12-11-19-14-2-4-15(5-3-14)23(25)26/h1-5,8,13,18-19H,6-7,9-12H2,(H,20,24). The summed E-state index contributed by atoms with van der Waals surface area (Å²) in [4.78, 5) is 23.1. The number of nitro groups is 1. The van der Waals surface area contributed by atoms with Crippen LogP contribution in [-0.2, 0) is 10.3 Å². The molecule has 0 aliphatic carbocycles. The number of nitrogens with zero attached hydrogens (tertiary/aromatic N) is 3. The molecule has 9 heteroatoms. The maximum atomic E-state index is 12.8. The summed E-state index contributed by atoms with van der Waals surface area (Å²) in [5.74, 6) is -0.0341. The second-order valence-electron chi connectivity index (χ2n) is 6.22. The Bertz CT molecular complexity index is 738. The topological polar surface area (TPSA) is 114 Å². The third-order valence-corrected chi connectivity index (χ3v) is 4.61. The Morgan fingerprint density at radius 3 is 2.62 bits per heavy atom. The van der Waals surface area contributed by atoms with Gasteiger partial charge in [-0.25, -0.2) is 0 Å². The average Bonchev–Trinajstić information content (AvgIpc) is 3.21. The van der Waals surface area contributed by atoms with Gasteiger partial charge in [0.05, 0.1) is 4.92 Å². The van der Waals surface area contributed by atoms with Crippen molar-refractivity contribution in [1.29, 1.82) is 0 Å². The lowest BCUT2D eigenvalue weighted by atomic mass is 9.87. The largest absolute Gasteiger partial charge is 0.383 e. The first-order valence-corrected chi connectivity index (χ1v) is 8.59. The van der Waals surface area contributed by atoms with E-state index in [4.69, 9.17) is 0 Å². The molecule has 1 aromatic carbocycles. The Labute approximate surface area is 150 Å². The molecule has 3 N–H and O–H groups in total. The van der Waals surface area contributed by atoms with Crippen LogP contribution in [0.25, 0.3) is 0 Å². The van der Waals surface area contributed by atoms with Gasteiger partial charge >= 0.3 is 0 Å². The van der Waals surface area contributed by atoms with Crippen molar-refractivity contribution in [1.82, 2.24) is 20.4 Å². The molecule has 138 valence electrons. The molecule has 0 spiro atoms. The number of non-ortho nitro benzene ring substituents is 1. The van der Waals surface area contributed by atoms with E-state index in [2.05, 4.69) is 21.0 Å². The minimum Gasteiger partial charge on any atom is -0.383 e. The maximum absolute atomic E-state index is 12.8. The van der Waals surface area contributed by atoms with Crippen molar-refractivity contribution < 1.29 is 9.72 Å². The van der Waals surface area contributed by atoms with Crippen molar-refractivity contribution in [2.75, 3.05) is 31.5 Å². The molecule has 0 saturated carbocycles. The van der Waals surface area contributed by atoms with Gasteiger partial charge in [-0.3, -0.25) is 19.6 Å². The van der Waals surface area contributed by atoms with E-state index in [1.807, 2.05) is 12.3 Å². The quantitative estimate of drug-likeness (QED) is 0.388. The van der Waals surface area contributed by atoms with E-state index in [0.717, 1.165) is 18.8 Å². The van der Waals surface area contributed by atoms with Gasteiger partial charge in [-0.15, -0.1) is 0 Å². The molecule has 1 fully saturated rings. The number of hydrogen-bond donors (Lipinski definition) is 3. The summed E-state index contributed by atoms with van der Waals surface area (Å²) in [6.07, 6.45) is 4.90. The summed E-state index contributed by atoms with van der Waals surface area (Å²) in [6, 6.07) is 8.02. The van der Waals surface area contributed by atoms with Crippen molar-refractivity contribution in [2.45, 2.75) is 18.4 Å². The number of piperidine rings is 1. The first kappa shape index (κ1) is 17.9. The van der Waals surface area contributed by atoms with E-state index in [1.165, 1.54) is 12.1 Å². The first-order valence-electron chi connectivity index (χ1n) is 8.59. The highest BCUT2D eigenvalue weighted by Crippen LogP contribution is 2.27. The number of anilines is 1. The van der Waals surface area contributed by atoms with Gasteiger partial charge in [-0.05, 0) is 44.1 Å². The van der Waals surface area contributed by atoms with Gasteiger partial charge in [0.25, 0.3) is 5.69 Å². The minimum atomic E-state index is -0.651. The summed E-state index contributed by atoms with van der Waals surface area (Å²) in [7, 11) is 0. The number of aromatic nitrogens is 2. The molecule has 0 atom stereocenters. The summed E-state index contributed by atoms with van der Waals surface area (Å²) < 4.78 is 1.76. The monoisotopic (exact) mass is 358 g/mol. The van der Waals surface area contributed by atoms with E-state index in [-0.39, 0.29) is 11.6 Å². The third kappa shape index (κ3) is 3.83. The van der Waals surface area contributed by atoms with Gasteiger partial charge in [0, 0.05) is 43.3 Å². The number of nitro benzene ring substituents is 1. The highest BCUT2D eigenvalue weighted by molar-refractivity contribution is 5.84. The molecule has 2 heterocycles. The lowest BCUT2D eigenvalue weighted by Gasteiger charge is -2.36. The Morgan fingerprint density at radius 2 is 2.00 bits per heavy atom. The summed E-state index contributed by atoms with van der Waals surface area (Å²) in [5.41, 5.74) is 0.173. The number of carbonyl (C=O) groups is 1. The fraction of sp³-hybridized carbons (Fsp3) is 0.412. The highest BCUT2D eigenvalue weighted by Gasteiger charge is 2.41. The van der Waals surface area contributed by atoms with Crippen LogP contribution in [0.15, 0.2) is 42.7 Å². The zero-order valence-electron chi connectivity index (χ0n) is 14.4. The maximum Gasteiger partial charge on any atom is 0.269 e. The Balaban J connectivity index is 1.53. The van der Waals surface area contributed by atoms with Crippen LogP contribution in [0.1, 0.15) is 12.8 Å². The van der Waals surface area contributed by atoms with E-state index in [9.17, 15) is 14.9 Å². The molecule has 26 heavy (non-hydrogen) atoms. The molecular formula is C17H22N6O3. The molecule has 1 aromatic heterocycles. The zero-order chi connectivity index (χ0) is 18.4. The molecule has 1 amide bonds. The van der Waals surface area contributed by atoms with E-state index in [1.54, 1.807) is 23.0 Å². The van der Waals surface area contributed by atoms with Gasteiger partial charge in [0.15, 0.2) is 0 Å². The summed E-state index contributed by atoms with van der Waals surface area (Å²) in [6.45, 7) is 2.52. The normalized spacial score (nSPS) is 16.0. The SMILES string of the molecule is O=C(NCCNc1ccc([N+](=O)[O-])cc1)C1(n2cccn2)CCNCC1. The van der Waals surface area contributed by atoms with Crippen LogP contribution in [0.5, 0.6) is 0 Å². The van der Waals surface area contributed by atoms with Crippen LogP contribution in [-0.4, -0.2) is 46.8 Å². The van der Waals surface area contributed by atoms with Crippen molar-refractivity contribution in [3.8, 4) is 0 Å². The van der Waals surface area contributed by atoms with Crippen LogP contribution in [0.4, 0.5) is 11.4 Å². The number of rotatable bonds is 7. The molecule has 3 rings (SSSR count). The minimum absolute atomic E-state index is 0.0341. The number of hydrogen-bond acceptors (Lipinski definition) is 6. The molecule has 0 bridgehead atoms. The van der Waals surface area contributed by atoms with E-state index < -0.39 is 10.5 Å². The molecule has 2 aromatic rings. The Kier molecular flexibility index (Phi) is 5.47. The molecular weight excluding hydrogens is 336 g/mol. The van der Waals surface area contributed by atoms with Gasteiger partial charge in [-0.1, -0.05) is 0 Å². The van der Waals surface area contributed by atoms with Gasteiger partial charge in [0.1, 0.15) is 5.54 Å². The summed E-state index contributed by atoms with van der Waals surface area (Å²) >= 11 is 0. The van der Waals surface area contributed by atoms with Gasteiger partial charge in [0.2, 0.25) is 5.91 Å². The fourth-order valence-electron chi connectivity index (χ4n) is 3.17. The van der Waals surface area contributed by atoms with Gasteiger partial charge < -0.3 is 16.0 Å². The molecule has 0 unspecified atom stereocenters. The number of amides is 1. The second-order valence-corrected chi connectivity index (χ2v) is 6.22. The number of carbonyl (C=O) groups excluding carboxylic acids is 1. The smallest absolute Gasteiger partial charge is 0.269 e. The highest BCUT2D eigenvalue weighted by atomic mass is 16.6. The second kappa shape index (κ2) is 7.96. The molecule has 0 radical (unpaired) electrons.